The van der Waals surface area contributed by atoms with E-state index >= 15 is 0 Å². The minimum atomic E-state index is 0.880. The van der Waals surface area contributed by atoms with Crippen molar-refractivity contribution in [3.05, 3.63) is 0 Å². The third-order valence-corrected chi connectivity index (χ3v) is 4.69. The highest BCUT2D eigenvalue weighted by molar-refractivity contribution is 8.00. The summed E-state index contributed by atoms with van der Waals surface area (Å²) in [6.07, 6.45) is 4.24. The highest BCUT2D eigenvalue weighted by atomic mass is 32.2. The first-order valence-electron chi connectivity index (χ1n) is 5.29. The van der Waals surface area contributed by atoms with Gasteiger partial charge in [0.15, 0.2) is 0 Å². The number of rotatable bonds is 3. The van der Waals surface area contributed by atoms with Crippen LogP contribution in [0.3, 0.4) is 0 Å². The lowest BCUT2D eigenvalue weighted by Crippen LogP contribution is -2.05. The molecule has 3 unspecified atom stereocenters. The van der Waals surface area contributed by atoms with Crippen molar-refractivity contribution in [2.45, 2.75) is 57.5 Å². The molecule has 0 saturated carbocycles. The van der Waals surface area contributed by atoms with E-state index in [1.807, 2.05) is 0 Å². The Morgan fingerprint density at radius 1 is 1.42 bits per heavy atom. The Kier molecular flexibility index (Phi) is 3.95. The lowest BCUT2D eigenvalue weighted by molar-refractivity contribution is 0.483. The summed E-state index contributed by atoms with van der Waals surface area (Å²) in [6, 6.07) is 0. The van der Waals surface area contributed by atoms with Crippen molar-refractivity contribution in [3.63, 3.8) is 0 Å². The van der Waals surface area contributed by atoms with E-state index in [9.17, 15) is 0 Å². The van der Waals surface area contributed by atoms with E-state index in [2.05, 4.69) is 39.5 Å². The van der Waals surface area contributed by atoms with E-state index in [0.717, 1.165) is 22.3 Å². The van der Waals surface area contributed by atoms with Crippen LogP contribution in [0.15, 0.2) is 0 Å². The van der Waals surface area contributed by atoms with E-state index in [0.29, 0.717) is 0 Å². The summed E-state index contributed by atoms with van der Waals surface area (Å²) in [5.41, 5.74) is 0. The molecule has 1 fully saturated rings. The van der Waals surface area contributed by atoms with Gasteiger partial charge in [0.05, 0.1) is 0 Å². The molecule has 1 heterocycles. The van der Waals surface area contributed by atoms with Gasteiger partial charge in [0, 0.05) is 10.5 Å². The Bertz CT molecular complexity index is 131. The van der Waals surface area contributed by atoms with Crippen molar-refractivity contribution in [3.8, 4) is 0 Å². The van der Waals surface area contributed by atoms with Crippen LogP contribution in [-0.2, 0) is 0 Å². The number of hydrogen-bond acceptors (Lipinski definition) is 1. The molecule has 1 aliphatic heterocycles. The Hall–Kier alpha value is 0.350. The zero-order valence-electron chi connectivity index (χ0n) is 8.84. The van der Waals surface area contributed by atoms with Crippen molar-refractivity contribution >= 4 is 11.8 Å². The molecule has 72 valence electrons. The Labute approximate surface area is 81.5 Å². The molecule has 1 rings (SSSR count). The summed E-state index contributed by atoms with van der Waals surface area (Å²) in [5, 5.41) is 1.92. The zero-order chi connectivity index (χ0) is 9.14. The average Bonchev–Trinajstić information content (AvgIpc) is 2.29. The van der Waals surface area contributed by atoms with Gasteiger partial charge >= 0.3 is 0 Å². The lowest BCUT2D eigenvalue weighted by Gasteiger charge is -2.12. The quantitative estimate of drug-likeness (QED) is 0.643. The van der Waals surface area contributed by atoms with Gasteiger partial charge in [0.2, 0.25) is 0 Å². The van der Waals surface area contributed by atoms with Crippen molar-refractivity contribution in [2.24, 2.45) is 11.8 Å². The third-order valence-electron chi connectivity index (χ3n) is 2.77. The van der Waals surface area contributed by atoms with Gasteiger partial charge in [-0.2, -0.15) is 11.8 Å². The molecule has 0 aromatic rings. The summed E-state index contributed by atoms with van der Waals surface area (Å²) < 4.78 is 0. The monoisotopic (exact) mass is 186 g/mol. The zero-order valence-corrected chi connectivity index (χ0v) is 9.66. The third kappa shape index (κ3) is 2.69. The highest BCUT2D eigenvalue weighted by Crippen LogP contribution is 2.42. The first kappa shape index (κ1) is 10.4. The summed E-state index contributed by atoms with van der Waals surface area (Å²) in [6.45, 7) is 9.42. The summed E-state index contributed by atoms with van der Waals surface area (Å²) >= 11 is 2.25. The van der Waals surface area contributed by atoms with Crippen LogP contribution < -0.4 is 0 Å². The van der Waals surface area contributed by atoms with Crippen LogP contribution in [0.5, 0.6) is 0 Å². The molecule has 0 radical (unpaired) electrons. The maximum absolute atomic E-state index is 2.42. The molecule has 0 bridgehead atoms. The SMILES string of the molecule is CCC1SC(CC(C)C)CC1C. The molecule has 0 N–H and O–H groups in total. The van der Waals surface area contributed by atoms with Gasteiger partial charge in [-0.1, -0.05) is 27.7 Å². The maximum Gasteiger partial charge on any atom is 0.00732 e. The van der Waals surface area contributed by atoms with Crippen LogP contribution >= 0.6 is 11.8 Å². The van der Waals surface area contributed by atoms with Crippen LogP contribution in [0.25, 0.3) is 0 Å². The molecule has 3 atom stereocenters. The van der Waals surface area contributed by atoms with Gasteiger partial charge < -0.3 is 0 Å². The summed E-state index contributed by atoms with van der Waals surface area (Å²) in [7, 11) is 0. The number of hydrogen-bond donors (Lipinski definition) is 0. The molecule has 12 heavy (non-hydrogen) atoms. The minimum Gasteiger partial charge on any atom is -0.155 e. The fraction of sp³-hybridized carbons (Fsp3) is 1.00. The van der Waals surface area contributed by atoms with Gasteiger partial charge in [0.1, 0.15) is 0 Å². The highest BCUT2D eigenvalue weighted by Gasteiger charge is 2.30. The second kappa shape index (κ2) is 4.55. The molecule has 0 spiro atoms. The average molecular weight is 186 g/mol. The van der Waals surface area contributed by atoms with Gasteiger partial charge in [-0.15, -0.1) is 0 Å². The van der Waals surface area contributed by atoms with Crippen LogP contribution in [0.4, 0.5) is 0 Å². The van der Waals surface area contributed by atoms with Crippen molar-refractivity contribution in [1.29, 1.82) is 0 Å². The van der Waals surface area contributed by atoms with Crippen LogP contribution in [0.1, 0.15) is 47.0 Å². The Morgan fingerprint density at radius 2 is 2.08 bits per heavy atom. The predicted octanol–water partition coefficient (Wildman–Crippen LogP) is 3.95. The topological polar surface area (TPSA) is 0 Å². The van der Waals surface area contributed by atoms with Gasteiger partial charge in [-0.3, -0.25) is 0 Å². The van der Waals surface area contributed by atoms with E-state index in [1.54, 1.807) is 0 Å². The molecule has 0 amide bonds. The molecule has 1 aliphatic rings. The van der Waals surface area contributed by atoms with Crippen molar-refractivity contribution in [1.82, 2.24) is 0 Å². The summed E-state index contributed by atoms with van der Waals surface area (Å²) in [5.74, 6) is 1.84. The fourth-order valence-electron chi connectivity index (χ4n) is 2.18. The largest absolute Gasteiger partial charge is 0.155 e. The molecule has 0 aromatic carbocycles. The van der Waals surface area contributed by atoms with Crippen LogP contribution in [-0.4, -0.2) is 10.5 Å². The maximum atomic E-state index is 2.42. The van der Waals surface area contributed by atoms with Gasteiger partial charge in [0.25, 0.3) is 0 Å². The van der Waals surface area contributed by atoms with Gasteiger partial charge in [-0.05, 0) is 31.1 Å². The van der Waals surface area contributed by atoms with E-state index < -0.39 is 0 Å². The second-order valence-electron chi connectivity index (χ2n) is 4.55. The molecular weight excluding hydrogens is 164 g/mol. The Morgan fingerprint density at radius 3 is 2.50 bits per heavy atom. The molecular formula is C11H22S. The smallest absolute Gasteiger partial charge is 0.00732 e. The second-order valence-corrected chi connectivity index (χ2v) is 6.09. The number of thioether (sulfide) groups is 1. The van der Waals surface area contributed by atoms with Crippen molar-refractivity contribution in [2.75, 3.05) is 0 Å². The Balaban J connectivity index is 2.33. The summed E-state index contributed by atoms with van der Waals surface area (Å²) in [4.78, 5) is 0. The van der Waals surface area contributed by atoms with Crippen LogP contribution in [0.2, 0.25) is 0 Å². The first-order valence-corrected chi connectivity index (χ1v) is 6.23. The molecule has 1 saturated heterocycles. The van der Waals surface area contributed by atoms with E-state index in [-0.39, 0.29) is 0 Å². The van der Waals surface area contributed by atoms with Crippen molar-refractivity contribution < 1.29 is 0 Å². The molecule has 0 nitrogen and oxygen atoms in total. The molecule has 0 aliphatic carbocycles. The standard InChI is InChI=1S/C11H22S/c1-5-11-9(4)7-10(12-11)6-8(2)3/h8-11H,5-7H2,1-4H3. The first-order chi connectivity index (χ1) is 5.63. The van der Waals surface area contributed by atoms with E-state index in [1.165, 1.54) is 19.3 Å². The molecule has 0 aromatic heterocycles. The van der Waals surface area contributed by atoms with Crippen LogP contribution in [0, 0.1) is 11.8 Å². The minimum absolute atomic E-state index is 0.880. The fourth-order valence-corrected chi connectivity index (χ4v) is 4.16. The lowest BCUT2D eigenvalue weighted by atomic mass is 9.96. The predicted molar refractivity (Wildman–Crippen MR) is 58.7 cm³/mol. The molecule has 1 heteroatoms. The normalized spacial score (nSPS) is 36.2. The van der Waals surface area contributed by atoms with Gasteiger partial charge in [-0.25, -0.2) is 0 Å². The van der Waals surface area contributed by atoms with E-state index in [4.69, 9.17) is 0 Å².